The van der Waals surface area contributed by atoms with E-state index in [0.29, 0.717) is 12.2 Å². The average molecular weight is 280 g/mol. The molecule has 0 amide bonds. The minimum absolute atomic E-state index is 0.141. The highest BCUT2D eigenvalue weighted by atomic mass is 16.5. The Morgan fingerprint density at radius 3 is 2.29 bits per heavy atom. The van der Waals surface area contributed by atoms with Gasteiger partial charge in [-0.1, -0.05) is 42.5 Å². The fraction of sp³-hybridized carbons (Fsp3) is 0.278. The third-order valence-corrected chi connectivity index (χ3v) is 3.53. The van der Waals surface area contributed by atoms with Crippen LogP contribution < -0.4 is 5.32 Å². The first-order valence-corrected chi connectivity index (χ1v) is 7.04. The number of ether oxygens (including phenoxy) is 1. The van der Waals surface area contributed by atoms with Crippen molar-refractivity contribution in [2.24, 2.45) is 0 Å². The van der Waals surface area contributed by atoms with E-state index in [2.05, 4.69) is 30.4 Å². The summed E-state index contributed by atoms with van der Waals surface area (Å²) < 4.78 is 5.33. The molecule has 0 aliphatic heterocycles. The minimum atomic E-state index is 0.141. The molecule has 2 aromatic rings. The number of hydrogen-bond acceptors (Lipinski definition) is 3. The Morgan fingerprint density at radius 1 is 1.05 bits per heavy atom. The molecule has 0 spiro atoms. The minimum Gasteiger partial charge on any atom is -0.383 e. The molecule has 2 aromatic carbocycles. The first-order chi connectivity index (χ1) is 10.2. The number of methoxy groups -OCH3 is 1. The van der Waals surface area contributed by atoms with E-state index >= 15 is 0 Å². The third kappa shape index (κ3) is 4.16. The van der Waals surface area contributed by atoms with Crippen LogP contribution in [0.5, 0.6) is 0 Å². The van der Waals surface area contributed by atoms with Gasteiger partial charge >= 0.3 is 0 Å². The average Bonchev–Trinajstić information content (AvgIpc) is 2.55. The molecule has 0 saturated heterocycles. The summed E-state index contributed by atoms with van der Waals surface area (Å²) in [7, 11) is 1.71. The molecule has 0 aliphatic carbocycles. The van der Waals surface area contributed by atoms with E-state index in [1.54, 1.807) is 7.11 Å². The number of nitriles is 1. The fourth-order valence-electron chi connectivity index (χ4n) is 2.34. The summed E-state index contributed by atoms with van der Waals surface area (Å²) in [5.74, 6) is 0. The smallest absolute Gasteiger partial charge is 0.0991 e. The molecule has 21 heavy (non-hydrogen) atoms. The predicted molar refractivity (Wildman–Crippen MR) is 83.8 cm³/mol. The second-order valence-electron chi connectivity index (χ2n) is 5.04. The van der Waals surface area contributed by atoms with Crippen LogP contribution in [0.25, 0.3) is 0 Å². The summed E-state index contributed by atoms with van der Waals surface area (Å²) in [5, 5.41) is 12.4. The van der Waals surface area contributed by atoms with Gasteiger partial charge in [0.1, 0.15) is 0 Å². The van der Waals surface area contributed by atoms with Crippen LogP contribution in [0.15, 0.2) is 54.6 Å². The number of nitrogens with zero attached hydrogens (tertiary/aromatic N) is 1. The van der Waals surface area contributed by atoms with Gasteiger partial charge in [0.15, 0.2) is 0 Å². The van der Waals surface area contributed by atoms with Crippen LogP contribution in [-0.2, 0) is 4.74 Å². The lowest BCUT2D eigenvalue weighted by Gasteiger charge is -2.23. The summed E-state index contributed by atoms with van der Waals surface area (Å²) in [6, 6.07) is 20.4. The Balaban J connectivity index is 2.10. The van der Waals surface area contributed by atoms with Crippen molar-refractivity contribution in [3.8, 4) is 6.07 Å². The normalized spacial score (nSPS) is 13.4. The Kier molecular flexibility index (Phi) is 5.51. The Morgan fingerprint density at radius 2 is 1.71 bits per heavy atom. The number of nitrogens with one attached hydrogen (secondary N) is 1. The van der Waals surface area contributed by atoms with Crippen molar-refractivity contribution < 1.29 is 4.74 Å². The molecule has 0 saturated carbocycles. The van der Waals surface area contributed by atoms with Crippen LogP contribution in [0.1, 0.15) is 35.7 Å². The number of benzene rings is 2. The van der Waals surface area contributed by atoms with Crippen LogP contribution >= 0.6 is 0 Å². The molecule has 0 aliphatic rings. The lowest BCUT2D eigenvalue weighted by molar-refractivity contribution is 0.162. The summed E-state index contributed by atoms with van der Waals surface area (Å²) in [6.07, 6.45) is 0. The Labute approximate surface area is 126 Å². The zero-order valence-electron chi connectivity index (χ0n) is 12.4. The zero-order chi connectivity index (χ0) is 15.1. The molecule has 3 heteroatoms. The van der Waals surface area contributed by atoms with Gasteiger partial charge in [-0.2, -0.15) is 5.26 Å². The molecule has 0 aromatic heterocycles. The molecule has 2 unspecified atom stereocenters. The molecule has 0 fully saturated rings. The maximum absolute atomic E-state index is 8.85. The van der Waals surface area contributed by atoms with Gasteiger partial charge in [-0.15, -0.1) is 0 Å². The van der Waals surface area contributed by atoms with Gasteiger partial charge in [0, 0.05) is 13.2 Å². The quantitative estimate of drug-likeness (QED) is 0.879. The maximum atomic E-state index is 8.85. The summed E-state index contributed by atoms with van der Waals surface area (Å²) in [6.45, 7) is 2.73. The molecule has 0 radical (unpaired) electrons. The highest BCUT2D eigenvalue weighted by Crippen LogP contribution is 2.20. The monoisotopic (exact) mass is 280 g/mol. The van der Waals surface area contributed by atoms with Gasteiger partial charge in [-0.3, -0.25) is 0 Å². The summed E-state index contributed by atoms with van der Waals surface area (Å²) in [5.41, 5.74) is 3.05. The van der Waals surface area contributed by atoms with Crippen molar-refractivity contribution >= 4 is 0 Å². The van der Waals surface area contributed by atoms with Crippen molar-refractivity contribution in [3.05, 3.63) is 71.3 Å². The van der Waals surface area contributed by atoms with Crippen LogP contribution in [-0.4, -0.2) is 13.7 Å². The van der Waals surface area contributed by atoms with Crippen molar-refractivity contribution in [3.63, 3.8) is 0 Å². The summed E-state index contributed by atoms with van der Waals surface area (Å²) >= 11 is 0. The second kappa shape index (κ2) is 7.58. The van der Waals surface area contributed by atoms with Crippen LogP contribution in [0.3, 0.4) is 0 Å². The van der Waals surface area contributed by atoms with E-state index < -0.39 is 0 Å². The Hall–Kier alpha value is -2.15. The van der Waals surface area contributed by atoms with Crippen molar-refractivity contribution in [1.29, 1.82) is 5.26 Å². The largest absolute Gasteiger partial charge is 0.383 e. The highest BCUT2D eigenvalue weighted by molar-refractivity contribution is 5.33. The van der Waals surface area contributed by atoms with Gasteiger partial charge in [-0.25, -0.2) is 0 Å². The molecule has 108 valence electrons. The van der Waals surface area contributed by atoms with Gasteiger partial charge in [-0.05, 0) is 30.2 Å². The van der Waals surface area contributed by atoms with Gasteiger partial charge in [0.25, 0.3) is 0 Å². The molecule has 0 bridgehead atoms. The van der Waals surface area contributed by atoms with Gasteiger partial charge < -0.3 is 10.1 Å². The second-order valence-corrected chi connectivity index (χ2v) is 5.04. The van der Waals surface area contributed by atoms with Crippen LogP contribution in [0.4, 0.5) is 0 Å². The van der Waals surface area contributed by atoms with Crippen molar-refractivity contribution in [2.45, 2.75) is 19.0 Å². The molecule has 2 rings (SSSR count). The standard InChI is InChI=1S/C18H20N2O/c1-14(16-10-8-15(12-19)9-11-16)20-18(13-21-2)17-6-4-3-5-7-17/h3-11,14,18,20H,13H2,1-2H3. The molecular weight excluding hydrogens is 260 g/mol. The van der Waals surface area contributed by atoms with E-state index in [0.717, 1.165) is 5.56 Å². The number of rotatable bonds is 6. The van der Waals surface area contributed by atoms with Crippen molar-refractivity contribution in [2.75, 3.05) is 13.7 Å². The Bertz CT molecular complexity index is 587. The molecular formula is C18H20N2O. The SMILES string of the molecule is COCC(NC(C)c1ccc(C#N)cc1)c1ccccc1. The van der Waals surface area contributed by atoms with Crippen molar-refractivity contribution in [1.82, 2.24) is 5.32 Å². The lowest BCUT2D eigenvalue weighted by Crippen LogP contribution is -2.28. The van der Waals surface area contributed by atoms with Gasteiger partial charge in [0.05, 0.1) is 24.3 Å². The summed E-state index contributed by atoms with van der Waals surface area (Å²) in [4.78, 5) is 0. The van der Waals surface area contributed by atoms with Crippen LogP contribution in [0, 0.1) is 11.3 Å². The van der Waals surface area contributed by atoms with Crippen LogP contribution in [0.2, 0.25) is 0 Å². The highest BCUT2D eigenvalue weighted by Gasteiger charge is 2.15. The molecule has 1 N–H and O–H groups in total. The zero-order valence-corrected chi connectivity index (χ0v) is 12.4. The van der Waals surface area contributed by atoms with E-state index in [1.807, 2.05) is 42.5 Å². The van der Waals surface area contributed by atoms with E-state index in [1.165, 1.54) is 5.56 Å². The lowest BCUT2D eigenvalue weighted by atomic mass is 10.0. The first-order valence-electron chi connectivity index (χ1n) is 7.04. The van der Waals surface area contributed by atoms with E-state index in [9.17, 15) is 0 Å². The van der Waals surface area contributed by atoms with Gasteiger partial charge in [0.2, 0.25) is 0 Å². The topological polar surface area (TPSA) is 45.0 Å². The fourth-order valence-corrected chi connectivity index (χ4v) is 2.34. The predicted octanol–water partition coefficient (Wildman–Crippen LogP) is 3.60. The molecule has 3 nitrogen and oxygen atoms in total. The molecule has 2 atom stereocenters. The maximum Gasteiger partial charge on any atom is 0.0991 e. The molecule has 0 heterocycles. The first kappa shape index (κ1) is 15.2. The number of hydrogen-bond donors (Lipinski definition) is 1. The third-order valence-electron chi connectivity index (χ3n) is 3.53. The van der Waals surface area contributed by atoms with E-state index in [4.69, 9.17) is 10.00 Å². The van der Waals surface area contributed by atoms with E-state index in [-0.39, 0.29) is 12.1 Å².